The largest absolute Gasteiger partial charge is 0.477 e. The maximum Gasteiger partial charge on any atom is 0.354 e. The lowest BCUT2D eigenvalue weighted by atomic mass is 10.1. The van der Waals surface area contributed by atoms with Gasteiger partial charge in [0.05, 0.1) is 0 Å². The molecule has 1 aliphatic rings. The van der Waals surface area contributed by atoms with Crippen LogP contribution in [0.2, 0.25) is 0 Å². The number of aromatic nitrogens is 1. The third-order valence-electron chi connectivity index (χ3n) is 4.84. The molecule has 1 N–H and O–H groups in total. The van der Waals surface area contributed by atoms with E-state index in [1.54, 1.807) is 12.3 Å². The van der Waals surface area contributed by atoms with Gasteiger partial charge in [-0.15, -0.1) is 0 Å². The van der Waals surface area contributed by atoms with E-state index < -0.39 is 5.97 Å². The van der Waals surface area contributed by atoms with Gasteiger partial charge in [-0.25, -0.2) is 9.78 Å². The molecule has 1 aromatic heterocycles. The van der Waals surface area contributed by atoms with Crippen molar-refractivity contribution in [3.8, 4) is 0 Å². The number of nitrogens with zero attached hydrogens (tertiary/aromatic N) is 3. The van der Waals surface area contributed by atoms with Crippen LogP contribution in [0.15, 0.2) is 48.7 Å². The summed E-state index contributed by atoms with van der Waals surface area (Å²) in [5.41, 5.74) is 2.50. The van der Waals surface area contributed by atoms with Crippen LogP contribution in [-0.4, -0.2) is 51.0 Å². The third kappa shape index (κ3) is 4.44. The highest BCUT2D eigenvalue weighted by atomic mass is 16.4. The average molecular weight is 339 g/mol. The fourth-order valence-electron chi connectivity index (χ4n) is 3.60. The van der Waals surface area contributed by atoms with Gasteiger partial charge in [-0.1, -0.05) is 36.4 Å². The number of pyridine rings is 1. The summed E-state index contributed by atoms with van der Waals surface area (Å²) < 4.78 is 0. The molecule has 5 heteroatoms. The molecule has 5 nitrogen and oxygen atoms in total. The minimum absolute atomic E-state index is 0.0955. The van der Waals surface area contributed by atoms with Crippen LogP contribution >= 0.6 is 0 Å². The molecule has 2 atom stereocenters. The van der Waals surface area contributed by atoms with Crippen molar-refractivity contribution in [1.29, 1.82) is 0 Å². The van der Waals surface area contributed by atoms with Crippen LogP contribution in [0.25, 0.3) is 0 Å². The van der Waals surface area contributed by atoms with E-state index in [1.165, 1.54) is 5.56 Å². The standard InChI is InChI=1S/C20H25N3O2/c1-15-11-22(13-18-8-9-19(20(24)25)21-10-18)12-16(2)23(15)14-17-6-4-3-5-7-17/h3-10,15-16H,11-14H2,1-2H3,(H,24,25)/t15-,16+. The van der Waals surface area contributed by atoms with Crippen molar-refractivity contribution in [3.05, 3.63) is 65.5 Å². The summed E-state index contributed by atoms with van der Waals surface area (Å²) in [6.45, 7) is 8.33. The summed E-state index contributed by atoms with van der Waals surface area (Å²) in [4.78, 5) is 19.9. The zero-order valence-corrected chi connectivity index (χ0v) is 14.8. The average Bonchev–Trinajstić information content (AvgIpc) is 2.59. The molecule has 1 saturated heterocycles. The van der Waals surface area contributed by atoms with E-state index in [2.05, 4.69) is 59.0 Å². The van der Waals surface area contributed by atoms with Crippen molar-refractivity contribution in [1.82, 2.24) is 14.8 Å². The predicted octanol–water partition coefficient (Wildman–Crippen LogP) is 2.87. The lowest BCUT2D eigenvalue weighted by Gasteiger charge is -2.44. The molecular formula is C20H25N3O2. The third-order valence-corrected chi connectivity index (χ3v) is 4.84. The van der Waals surface area contributed by atoms with E-state index in [9.17, 15) is 4.79 Å². The molecule has 0 unspecified atom stereocenters. The Labute approximate surface area is 148 Å². The first-order valence-electron chi connectivity index (χ1n) is 8.73. The summed E-state index contributed by atoms with van der Waals surface area (Å²) in [7, 11) is 0. The van der Waals surface area contributed by atoms with Gasteiger partial charge in [0.15, 0.2) is 0 Å². The van der Waals surface area contributed by atoms with Gasteiger partial charge < -0.3 is 5.11 Å². The summed E-state index contributed by atoms with van der Waals surface area (Å²) in [5, 5.41) is 8.94. The number of carbonyl (C=O) groups is 1. The van der Waals surface area contributed by atoms with Gasteiger partial charge in [0.25, 0.3) is 0 Å². The summed E-state index contributed by atoms with van der Waals surface area (Å²) in [6, 6.07) is 15.0. The van der Waals surface area contributed by atoms with Crippen molar-refractivity contribution >= 4 is 5.97 Å². The number of carboxylic acids is 1. The van der Waals surface area contributed by atoms with Crippen LogP contribution in [0.1, 0.15) is 35.5 Å². The summed E-state index contributed by atoms with van der Waals surface area (Å²) >= 11 is 0. The van der Waals surface area contributed by atoms with Crippen molar-refractivity contribution < 1.29 is 9.90 Å². The molecule has 0 amide bonds. The zero-order chi connectivity index (χ0) is 17.8. The number of piperazine rings is 1. The number of aromatic carboxylic acids is 1. The molecule has 25 heavy (non-hydrogen) atoms. The Hall–Kier alpha value is -2.24. The highest BCUT2D eigenvalue weighted by Crippen LogP contribution is 2.20. The minimum Gasteiger partial charge on any atom is -0.477 e. The van der Waals surface area contributed by atoms with Crippen LogP contribution in [0.4, 0.5) is 0 Å². The molecule has 0 bridgehead atoms. The molecule has 0 saturated carbocycles. The molecule has 132 valence electrons. The Morgan fingerprint density at radius 1 is 1.04 bits per heavy atom. The zero-order valence-electron chi connectivity index (χ0n) is 14.8. The number of benzene rings is 1. The fraction of sp³-hybridized carbons (Fsp3) is 0.400. The molecular weight excluding hydrogens is 314 g/mol. The lowest BCUT2D eigenvalue weighted by Crippen LogP contribution is -2.55. The van der Waals surface area contributed by atoms with Gasteiger partial charge >= 0.3 is 5.97 Å². The summed E-state index contributed by atoms with van der Waals surface area (Å²) in [6.07, 6.45) is 1.68. The van der Waals surface area contributed by atoms with Gasteiger partial charge in [0.1, 0.15) is 5.69 Å². The van der Waals surface area contributed by atoms with Crippen molar-refractivity contribution in [2.75, 3.05) is 13.1 Å². The van der Waals surface area contributed by atoms with Gasteiger partial charge in [-0.05, 0) is 31.0 Å². The first-order valence-corrected chi connectivity index (χ1v) is 8.73. The van der Waals surface area contributed by atoms with Crippen LogP contribution in [0, 0.1) is 0 Å². The van der Waals surface area contributed by atoms with Crippen LogP contribution in [0.5, 0.6) is 0 Å². The van der Waals surface area contributed by atoms with Crippen molar-refractivity contribution in [3.63, 3.8) is 0 Å². The minimum atomic E-state index is -0.983. The van der Waals surface area contributed by atoms with Crippen LogP contribution < -0.4 is 0 Å². The molecule has 3 rings (SSSR count). The second-order valence-corrected chi connectivity index (χ2v) is 6.91. The summed E-state index contributed by atoms with van der Waals surface area (Å²) in [5.74, 6) is -0.983. The van der Waals surface area contributed by atoms with E-state index in [0.717, 1.165) is 31.7 Å². The predicted molar refractivity (Wildman–Crippen MR) is 97.4 cm³/mol. The second-order valence-electron chi connectivity index (χ2n) is 6.91. The molecule has 1 aromatic carbocycles. The molecule has 0 spiro atoms. The first-order chi connectivity index (χ1) is 12.0. The maximum absolute atomic E-state index is 10.9. The van der Waals surface area contributed by atoms with E-state index in [1.807, 2.05) is 6.07 Å². The number of rotatable bonds is 5. The Kier molecular flexibility index (Phi) is 5.46. The molecule has 1 aliphatic heterocycles. The Morgan fingerprint density at radius 3 is 2.28 bits per heavy atom. The van der Waals surface area contributed by atoms with E-state index in [-0.39, 0.29) is 5.69 Å². The van der Waals surface area contributed by atoms with Crippen molar-refractivity contribution in [2.45, 2.75) is 39.0 Å². The molecule has 0 radical (unpaired) electrons. The van der Waals surface area contributed by atoms with Gasteiger partial charge in [-0.2, -0.15) is 0 Å². The molecule has 1 fully saturated rings. The SMILES string of the molecule is C[C@@H]1CN(Cc2ccc(C(=O)O)nc2)C[C@H](C)N1Cc1ccccc1. The number of carboxylic acid groups (broad SMARTS) is 1. The van der Waals surface area contributed by atoms with Crippen molar-refractivity contribution in [2.24, 2.45) is 0 Å². The van der Waals surface area contributed by atoms with E-state index >= 15 is 0 Å². The molecule has 2 aromatic rings. The smallest absolute Gasteiger partial charge is 0.354 e. The highest BCUT2D eigenvalue weighted by molar-refractivity contribution is 5.85. The fourth-order valence-corrected chi connectivity index (χ4v) is 3.60. The van der Waals surface area contributed by atoms with E-state index in [0.29, 0.717) is 12.1 Å². The van der Waals surface area contributed by atoms with Gasteiger partial charge in [-0.3, -0.25) is 9.80 Å². The monoisotopic (exact) mass is 339 g/mol. The van der Waals surface area contributed by atoms with Crippen LogP contribution in [-0.2, 0) is 13.1 Å². The normalized spacial score (nSPS) is 22.0. The van der Waals surface area contributed by atoms with Crippen LogP contribution in [0.3, 0.4) is 0 Å². The molecule has 0 aliphatic carbocycles. The first kappa shape index (κ1) is 17.6. The van der Waals surface area contributed by atoms with Gasteiger partial charge in [0.2, 0.25) is 0 Å². The van der Waals surface area contributed by atoms with E-state index in [4.69, 9.17) is 5.11 Å². The Morgan fingerprint density at radius 2 is 1.72 bits per heavy atom. The second kappa shape index (κ2) is 7.76. The Bertz CT molecular complexity index is 691. The lowest BCUT2D eigenvalue weighted by molar-refractivity contribution is 0.0290. The maximum atomic E-state index is 10.9. The molecule has 2 heterocycles. The quantitative estimate of drug-likeness (QED) is 0.908. The Balaban J connectivity index is 1.60. The number of hydrogen-bond donors (Lipinski definition) is 1. The topological polar surface area (TPSA) is 56.7 Å². The highest BCUT2D eigenvalue weighted by Gasteiger charge is 2.29. The number of hydrogen-bond acceptors (Lipinski definition) is 4. The van der Waals surface area contributed by atoms with Gasteiger partial charge in [0, 0.05) is 44.5 Å².